The SMILES string of the molecule is CCCOc1nc(N)nc(N2CCC(CC)(CC)C2)n1. The number of hydrogen-bond acceptors (Lipinski definition) is 6. The molecule has 20 heavy (non-hydrogen) atoms. The number of ether oxygens (including phenoxy) is 1. The van der Waals surface area contributed by atoms with Crippen LogP contribution in [0.1, 0.15) is 46.5 Å². The molecule has 2 rings (SSSR count). The zero-order chi connectivity index (χ0) is 14.6. The van der Waals surface area contributed by atoms with Crippen molar-refractivity contribution in [3.05, 3.63) is 0 Å². The van der Waals surface area contributed by atoms with Crippen molar-refractivity contribution in [1.82, 2.24) is 15.0 Å². The summed E-state index contributed by atoms with van der Waals surface area (Å²) in [6.45, 7) is 9.10. The van der Waals surface area contributed by atoms with Crippen LogP contribution in [0.2, 0.25) is 0 Å². The van der Waals surface area contributed by atoms with E-state index in [-0.39, 0.29) is 5.95 Å². The van der Waals surface area contributed by atoms with Crippen LogP contribution in [0.5, 0.6) is 6.01 Å². The minimum absolute atomic E-state index is 0.228. The fraction of sp³-hybridized carbons (Fsp3) is 0.786. The largest absolute Gasteiger partial charge is 0.463 e. The predicted molar refractivity (Wildman–Crippen MR) is 79.9 cm³/mol. The van der Waals surface area contributed by atoms with Gasteiger partial charge in [0.2, 0.25) is 11.9 Å². The second kappa shape index (κ2) is 6.24. The van der Waals surface area contributed by atoms with E-state index in [0.717, 1.165) is 19.5 Å². The van der Waals surface area contributed by atoms with Crippen LogP contribution in [0.3, 0.4) is 0 Å². The first-order valence-electron chi connectivity index (χ1n) is 7.51. The Morgan fingerprint density at radius 2 is 1.95 bits per heavy atom. The van der Waals surface area contributed by atoms with Crippen LogP contribution >= 0.6 is 0 Å². The van der Waals surface area contributed by atoms with Gasteiger partial charge in [-0.2, -0.15) is 15.0 Å². The first kappa shape index (κ1) is 14.8. The summed E-state index contributed by atoms with van der Waals surface area (Å²) in [5.41, 5.74) is 6.14. The van der Waals surface area contributed by atoms with E-state index in [1.165, 1.54) is 19.3 Å². The Labute approximate surface area is 120 Å². The van der Waals surface area contributed by atoms with E-state index in [2.05, 4.69) is 33.7 Å². The molecule has 1 aliphatic rings. The first-order valence-corrected chi connectivity index (χ1v) is 7.51. The quantitative estimate of drug-likeness (QED) is 0.860. The molecule has 1 saturated heterocycles. The van der Waals surface area contributed by atoms with Gasteiger partial charge in [0.25, 0.3) is 0 Å². The van der Waals surface area contributed by atoms with Crippen molar-refractivity contribution in [3.63, 3.8) is 0 Å². The molecule has 0 spiro atoms. The lowest BCUT2D eigenvalue weighted by atomic mass is 9.82. The maximum atomic E-state index is 5.76. The van der Waals surface area contributed by atoms with E-state index in [0.29, 0.717) is 24.0 Å². The molecule has 0 unspecified atom stereocenters. The van der Waals surface area contributed by atoms with Gasteiger partial charge < -0.3 is 15.4 Å². The van der Waals surface area contributed by atoms with Crippen molar-refractivity contribution in [3.8, 4) is 6.01 Å². The van der Waals surface area contributed by atoms with Crippen LogP contribution in [-0.4, -0.2) is 34.6 Å². The van der Waals surface area contributed by atoms with Gasteiger partial charge in [0.1, 0.15) is 0 Å². The molecule has 1 aromatic rings. The number of anilines is 2. The molecule has 6 nitrogen and oxygen atoms in total. The minimum Gasteiger partial charge on any atom is -0.463 e. The Balaban J connectivity index is 2.15. The monoisotopic (exact) mass is 279 g/mol. The zero-order valence-corrected chi connectivity index (χ0v) is 12.7. The molecule has 0 atom stereocenters. The molecule has 0 aromatic carbocycles. The highest BCUT2D eigenvalue weighted by Gasteiger charge is 2.36. The highest BCUT2D eigenvalue weighted by atomic mass is 16.5. The molecule has 0 aliphatic carbocycles. The van der Waals surface area contributed by atoms with Gasteiger partial charge in [-0.15, -0.1) is 0 Å². The van der Waals surface area contributed by atoms with Crippen LogP contribution in [0, 0.1) is 5.41 Å². The van der Waals surface area contributed by atoms with Crippen molar-refractivity contribution < 1.29 is 4.74 Å². The van der Waals surface area contributed by atoms with E-state index >= 15 is 0 Å². The highest BCUT2D eigenvalue weighted by Crippen LogP contribution is 2.38. The maximum Gasteiger partial charge on any atom is 0.323 e. The topological polar surface area (TPSA) is 77.2 Å². The van der Waals surface area contributed by atoms with E-state index in [9.17, 15) is 0 Å². The average Bonchev–Trinajstić information content (AvgIpc) is 2.90. The van der Waals surface area contributed by atoms with Gasteiger partial charge in [0.15, 0.2) is 0 Å². The molecule has 0 amide bonds. The normalized spacial score (nSPS) is 17.4. The smallest absolute Gasteiger partial charge is 0.323 e. The summed E-state index contributed by atoms with van der Waals surface area (Å²) in [4.78, 5) is 14.9. The summed E-state index contributed by atoms with van der Waals surface area (Å²) in [7, 11) is 0. The van der Waals surface area contributed by atoms with Gasteiger partial charge in [0.05, 0.1) is 6.61 Å². The molecular formula is C14H25N5O. The number of aromatic nitrogens is 3. The predicted octanol–water partition coefficient (Wildman–Crippen LogP) is 2.26. The number of rotatable bonds is 6. The van der Waals surface area contributed by atoms with Crippen LogP contribution in [0.25, 0.3) is 0 Å². The Bertz CT molecular complexity index is 447. The summed E-state index contributed by atoms with van der Waals surface area (Å²) in [6.07, 6.45) is 4.45. The standard InChI is InChI=1S/C14H25N5O/c1-4-9-20-13-17-11(15)16-12(18-13)19-8-7-14(5-2,6-3)10-19/h4-10H2,1-3H3,(H2,15,16,17,18). The first-order chi connectivity index (χ1) is 9.62. The Hall–Kier alpha value is -1.59. The molecule has 0 saturated carbocycles. The lowest BCUT2D eigenvalue weighted by Crippen LogP contribution is -2.28. The summed E-state index contributed by atoms with van der Waals surface area (Å²) in [5.74, 6) is 0.874. The second-order valence-corrected chi connectivity index (χ2v) is 5.50. The van der Waals surface area contributed by atoms with Crippen LogP contribution in [0.4, 0.5) is 11.9 Å². The molecule has 1 aromatic heterocycles. The van der Waals surface area contributed by atoms with Crippen molar-refractivity contribution >= 4 is 11.9 Å². The van der Waals surface area contributed by atoms with Crippen molar-refractivity contribution in [2.24, 2.45) is 5.41 Å². The maximum absolute atomic E-state index is 5.76. The van der Waals surface area contributed by atoms with Crippen LogP contribution in [0.15, 0.2) is 0 Å². The van der Waals surface area contributed by atoms with Crippen molar-refractivity contribution in [2.45, 2.75) is 46.5 Å². The van der Waals surface area contributed by atoms with Crippen LogP contribution < -0.4 is 15.4 Å². The van der Waals surface area contributed by atoms with Gasteiger partial charge in [-0.05, 0) is 31.1 Å². The van der Waals surface area contributed by atoms with Gasteiger partial charge in [-0.1, -0.05) is 20.8 Å². The molecule has 112 valence electrons. The summed E-state index contributed by atoms with van der Waals surface area (Å²) in [6, 6.07) is 0.333. The van der Waals surface area contributed by atoms with Gasteiger partial charge in [-0.25, -0.2) is 0 Å². The summed E-state index contributed by atoms with van der Waals surface area (Å²) >= 11 is 0. The minimum atomic E-state index is 0.228. The third kappa shape index (κ3) is 3.11. The number of nitrogens with two attached hydrogens (primary N) is 1. The number of nitrogen functional groups attached to an aromatic ring is 1. The molecule has 2 heterocycles. The third-order valence-electron chi connectivity index (χ3n) is 4.28. The number of hydrogen-bond donors (Lipinski definition) is 1. The Kier molecular flexibility index (Phi) is 4.62. The fourth-order valence-electron chi connectivity index (χ4n) is 2.69. The van der Waals surface area contributed by atoms with Crippen molar-refractivity contribution in [1.29, 1.82) is 0 Å². The fourth-order valence-corrected chi connectivity index (χ4v) is 2.69. The van der Waals surface area contributed by atoms with Crippen LogP contribution in [-0.2, 0) is 0 Å². The van der Waals surface area contributed by atoms with E-state index < -0.39 is 0 Å². The lowest BCUT2D eigenvalue weighted by molar-refractivity contribution is 0.291. The highest BCUT2D eigenvalue weighted by molar-refractivity contribution is 5.37. The molecule has 0 radical (unpaired) electrons. The second-order valence-electron chi connectivity index (χ2n) is 5.50. The van der Waals surface area contributed by atoms with Gasteiger partial charge in [0, 0.05) is 13.1 Å². The third-order valence-corrected chi connectivity index (χ3v) is 4.28. The zero-order valence-electron chi connectivity index (χ0n) is 12.7. The van der Waals surface area contributed by atoms with Gasteiger partial charge in [-0.3, -0.25) is 0 Å². The Morgan fingerprint density at radius 3 is 2.55 bits per heavy atom. The average molecular weight is 279 g/mol. The van der Waals surface area contributed by atoms with E-state index in [1.54, 1.807) is 0 Å². The molecule has 6 heteroatoms. The van der Waals surface area contributed by atoms with Gasteiger partial charge >= 0.3 is 6.01 Å². The Morgan fingerprint density at radius 1 is 1.20 bits per heavy atom. The molecule has 2 N–H and O–H groups in total. The molecule has 1 aliphatic heterocycles. The lowest BCUT2D eigenvalue weighted by Gasteiger charge is -2.26. The van der Waals surface area contributed by atoms with E-state index in [4.69, 9.17) is 10.5 Å². The number of nitrogens with zero attached hydrogens (tertiary/aromatic N) is 4. The molecule has 1 fully saturated rings. The molecule has 0 bridgehead atoms. The summed E-state index contributed by atoms with van der Waals surface area (Å²) in [5, 5.41) is 0. The van der Waals surface area contributed by atoms with Crippen molar-refractivity contribution in [2.75, 3.05) is 30.3 Å². The summed E-state index contributed by atoms with van der Waals surface area (Å²) < 4.78 is 5.47. The van der Waals surface area contributed by atoms with E-state index in [1.807, 2.05) is 6.92 Å². The molecular weight excluding hydrogens is 254 g/mol.